The van der Waals surface area contributed by atoms with E-state index in [0.717, 1.165) is 11.3 Å². The fraction of sp³-hybridized carbons (Fsp3) is 0.167. The Morgan fingerprint density at radius 1 is 1.22 bits per heavy atom. The van der Waals surface area contributed by atoms with Gasteiger partial charge in [0.2, 0.25) is 12.7 Å². The van der Waals surface area contributed by atoms with Crippen molar-refractivity contribution < 1.29 is 14.3 Å². The SMILES string of the molecule is O=C(Cc1csc(Nc2ccc(Cl)cn2)n1)NCc1ccc2c(c1)OCO2. The lowest BCUT2D eigenvalue weighted by Crippen LogP contribution is -2.24. The molecule has 0 saturated carbocycles. The smallest absolute Gasteiger partial charge is 0.231 e. The minimum Gasteiger partial charge on any atom is -0.454 e. The molecule has 0 spiro atoms. The van der Waals surface area contributed by atoms with Crippen LogP contribution in [0.15, 0.2) is 41.9 Å². The Labute approximate surface area is 164 Å². The number of fused-ring (bicyclic) bond motifs is 1. The van der Waals surface area contributed by atoms with Crippen molar-refractivity contribution in [3.8, 4) is 11.5 Å². The van der Waals surface area contributed by atoms with Crippen molar-refractivity contribution in [2.45, 2.75) is 13.0 Å². The molecule has 2 N–H and O–H groups in total. The summed E-state index contributed by atoms with van der Waals surface area (Å²) in [5.41, 5.74) is 1.64. The number of rotatable bonds is 6. The normalized spacial score (nSPS) is 12.0. The number of thiazole rings is 1. The first kappa shape index (κ1) is 17.6. The fourth-order valence-corrected chi connectivity index (χ4v) is 3.31. The third-order valence-electron chi connectivity index (χ3n) is 3.78. The molecule has 0 saturated heterocycles. The lowest BCUT2D eigenvalue weighted by molar-refractivity contribution is -0.120. The van der Waals surface area contributed by atoms with E-state index in [-0.39, 0.29) is 19.1 Å². The number of pyridine rings is 1. The molecule has 9 heteroatoms. The Kier molecular flexibility index (Phi) is 5.08. The zero-order valence-electron chi connectivity index (χ0n) is 14.1. The summed E-state index contributed by atoms with van der Waals surface area (Å²) >= 11 is 7.23. The standard InChI is InChI=1S/C18H15ClN4O3S/c19-12-2-4-16(20-8-12)23-18-22-13(9-27-18)6-17(24)21-7-11-1-3-14-15(5-11)26-10-25-14/h1-5,8-9H,6-7,10H2,(H,21,24)(H,20,22,23). The molecule has 3 aromatic rings. The van der Waals surface area contributed by atoms with Crippen molar-refractivity contribution in [2.75, 3.05) is 12.1 Å². The van der Waals surface area contributed by atoms with Gasteiger partial charge in [-0.25, -0.2) is 9.97 Å². The fourth-order valence-electron chi connectivity index (χ4n) is 2.48. The van der Waals surface area contributed by atoms with Crippen LogP contribution in [0, 0.1) is 0 Å². The third-order valence-corrected chi connectivity index (χ3v) is 4.81. The van der Waals surface area contributed by atoms with Gasteiger partial charge in [-0.15, -0.1) is 11.3 Å². The van der Waals surface area contributed by atoms with Crippen LogP contribution in [0.3, 0.4) is 0 Å². The minimum absolute atomic E-state index is 0.103. The molecule has 4 rings (SSSR count). The summed E-state index contributed by atoms with van der Waals surface area (Å²) in [6.45, 7) is 0.649. The number of halogens is 1. The number of ether oxygens (including phenoxy) is 2. The van der Waals surface area contributed by atoms with Crippen molar-refractivity contribution in [1.82, 2.24) is 15.3 Å². The van der Waals surface area contributed by atoms with E-state index in [1.807, 2.05) is 23.6 Å². The zero-order chi connectivity index (χ0) is 18.6. The molecule has 1 amide bonds. The first-order valence-electron chi connectivity index (χ1n) is 8.14. The number of aromatic nitrogens is 2. The number of amides is 1. The molecule has 1 aliphatic rings. The van der Waals surface area contributed by atoms with Gasteiger partial charge in [-0.3, -0.25) is 4.79 Å². The van der Waals surface area contributed by atoms with Crippen LogP contribution < -0.4 is 20.1 Å². The van der Waals surface area contributed by atoms with Gasteiger partial charge in [-0.1, -0.05) is 17.7 Å². The molecule has 7 nitrogen and oxygen atoms in total. The van der Waals surface area contributed by atoms with Gasteiger partial charge in [0.25, 0.3) is 0 Å². The van der Waals surface area contributed by atoms with E-state index in [2.05, 4.69) is 20.6 Å². The summed E-state index contributed by atoms with van der Waals surface area (Å²) in [5, 5.41) is 9.06. The van der Waals surface area contributed by atoms with E-state index >= 15 is 0 Å². The summed E-state index contributed by atoms with van der Waals surface area (Å²) in [5.74, 6) is 1.97. The topological polar surface area (TPSA) is 85.4 Å². The van der Waals surface area contributed by atoms with Crippen molar-refractivity contribution >= 4 is 39.8 Å². The van der Waals surface area contributed by atoms with Gasteiger partial charge in [0.05, 0.1) is 17.1 Å². The predicted molar refractivity (Wildman–Crippen MR) is 103 cm³/mol. The molecule has 138 valence electrons. The largest absolute Gasteiger partial charge is 0.454 e. The van der Waals surface area contributed by atoms with Crippen LogP contribution >= 0.6 is 22.9 Å². The molecule has 2 aromatic heterocycles. The molecular formula is C18H15ClN4O3S. The maximum Gasteiger partial charge on any atom is 0.231 e. The molecule has 1 aliphatic heterocycles. The van der Waals surface area contributed by atoms with Crippen LogP contribution in [-0.2, 0) is 17.8 Å². The number of benzene rings is 1. The number of carbonyl (C=O) groups excluding carboxylic acids is 1. The van der Waals surface area contributed by atoms with E-state index in [9.17, 15) is 4.79 Å². The summed E-state index contributed by atoms with van der Waals surface area (Å²) in [6.07, 6.45) is 1.76. The molecule has 1 aromatic carbocycles. The monoisotopic (exact) mass is 402 g/mol. The number of carbonyl (C=O) groups is 1. The second-order valence-corrected chi connectivity index (χ2v) is 7.07. The number of hydrogen-bond acceptors (Lipinski definition) is 7. The number of nitrogens with zero attached hydrogens (tertiary/aromatic N) is 2. The van der Waals surface area contributed by atoms with Gasteiger partial charge >= 0.3 is 0 Å². The van der Waals surface area contributed by atoms with Crippen molar-refractivity contribution in [2.24, 2.45) is 0 Å². The third kappa shape index (κ3) is 4.47. The number of anilines is 2. The zero-order valence-corrected chi connectivity index (χ0v) is 15.6. The van der Waals surface area contributed by atoms with Gasteiger partial charge in [0, 0.05) is 18.1 Å². The maximum absolute atomic E-state index is 12.2. The Morgan fingerprint density at radius 2 is 2.11 bits per heavy atom. The molecule has 0 radical (unpaired) electrons. The molecule has 0 unspecified atom stereocenters. The Hall–Kier alpha value is -2.84. The van der Waals surface area contributed by atoms with Gasteiger partial charge < -0.3 is 20.1 Å². The van der Waals surface area contributed by atoms with Gasteiger partial charge in [0.1, 0.15) is 5.82 Å². The molecule has 27 heavy (non-hydrogen) atoms. The van der Waals surface area contributed by atoms with Crippen LogP contribution in [-0.4, -0.2) is 22.7 Å². The van der Waals surface area contributed by atoms with Crippen LogP contribution in [0.4, 0.5) is 10.9 Å². The summed E-state index contributed by atoms with van der Waals surface area (Å²) in [7, 11) is 0. The Bertz CT molecular complexity index is 961. The van der Waals surface area contributed by atoms with Gasteiger partial charge in [0.15, 0.2) is 16.6 Å². The highest BCUT2D eigenvalue weighted by Gasteiger charge is 2.14. The van der Waals surface area contributed by atoms with Crippen molar-refractivity contribution in [3.05, 3.63) is 58.2 Å². The Morgan fingerprint density at radius 3 is 2.96 bits per heavy atom. The molecule has 0 bridgehead atoms. The van der Waals surface area contributed by atoms with E-state index in [1.165, 1.54) is 11.3 Å². The average Bonchev–Trinajstić information content (AvgIpc) is 3.30. The van der Waals surface area contributed by atoms with E-state index in [1.54, 1.807) is 18.3 Å². The highest BCUT2D eigenvalue weighted by molar-refractivity contribution is 7.13. The van der Waals surface area contributed by atoms with Crippen LogP contribution in [0.1, 0.15) is 11.3 Å². The Balaban J connectivity index is 1.29. The van der Waals surface area contributed by atoms with Crippen LogP contribution in [0.25, 0.3) is 0 Å². The number of hydrogen-bond donors (Lipinski definition) is 2. The van der Waals surface area contributed by atoms with Gasteiger partial charge in [-0.2, -0.15) is 0 Å². The predicted octanol–water partition coefficient (Wildman–Crippen LogP) is 3.52. The molecule has 0 fully saturated rings. The van der Waals surface area contributed by atoms with Crippen LogP contribution in [0.2, 0.25) is 5.02 Å². The minimum atomic E-state index is -0.103. The lowest BCUT2D eigenvalue weighted by atomic mass is 10.2. The summed E-state index contributed by atoms with van der Waals surface area (Å²) in [4.78, 5) is 20.7. The maximum atomic E-state index is 12.2. The van der Waals surface area contributed by atoms with E-state index in [0.29, 0.717) is 34.0 Å². The molecule has 0 atom stereocenters. The summed E-state index contributed by atoms with van der Waals surface area (Å²) < 4.78 is 10.6. The van der Waals surface area contributed by atoms with Gasteiger partial charge in [-0.05, 0) is 29.8 Å². The quantitative estimate of drug-likeness (QED) is 0.656. The highest BCUT2D eigenvalue weighted by Crippen LogP contribution is 2.32. The van der Waals surface area contributed by atoms with Crippen LogP contribution in [0.5, 0.6) is 11.5 Å². The molecular weight excluding hydrogens is 388 g/mol. The highest BCUT2D eigenvalue weighted by atomic mass is 35.5. The lowest BCUT2D eigenvalue weighted by Gasteiger charge is -2.05. The first-order chi connectivity index (χ1) is 13.2. The average molecular weight is 403 g/mol. The number of nitrogens with one attached hydrogen (secondary N) is 2. The second-order valence-electron chi connectivity index (χ2n) is 5.77. The second kappa shape index (κ2) is 7.81. The molecule has 0 aliphatic carbocycles. The van der Waals surface area contributed by atoms with Crippen molar-refractivity contribution in [1.29, 1.82) is 0 Å². The van der Waals surface area contributed by atoms with Crippen molar-refractivity contribution in [3.63, 3.8) is 0 Å². The summed E-state index contributed by atoms with van der Waals surface area (Å²) in [6, 6.07) is 9.12. The van der Waals surface area contributed by atoms with E-state index < -0.39 is 0 Å². The molecule has 3 heterocycles. The van der Waals surface area contributed by atoms with E-state index in [4.69, 9.17) is 21.1 Å². The first-order valence-corrected chi connectivity index (χ1v) is 9.40.